The van der Waals surface area contributed by atoms with Crippen LogP contribution in [-0.2, 0) is 6.42 Å². The van der Waals surface area contributed by atoms with E-state index in [1.54, 1.807) is 0 Å². The van der Waals surface area contributed by atoms with E-state index in [0.717, 1.165) is 5.92 Å². The minimum absolute atomic E-state index is 0.871. The Labute approximate surface area is 118 Å². The largest absolute Gasteiger partial charge is 0.375 e. The summed E-state index contributed by atoms with van der Waals surface area (Å²) in [6.45, 7) is 5.83. The highest BCUT2D eigenvalue weighted by Gasteiger charge is 2.13. The zero-order valence-electron chi connectivity index (χ0n) is 12.5. The number of nitrogens with zero attached hydrogens (tertiary/aromatic N) is 1. The van der Waals surface area contributed by atoms with Gasteiger partial charge >= 0.3 is 0 Å². The van der Waals surface area contributed by atoms with Crippen LogP contribution < -0.4 is 10.2 Å². The lowest BCUT2D eigenvalue weighted by Crippen LogP contribution is -2.32. The molecule has 1 aliphatic rings. The van der Waals surface area contributed by atoms with E-state index < -0.39 is 0 Å². The zero-order chi connectivity index (χ0) is 13.5. The van der Waals surface area contributed by atoms with Gasteiger partial charge in [0.25, 0.3) is 0 Å². The number of hydrogen-bond donors (Lipinski definition) is 1. The SMILES string of the molecule is CCCc1ccc(N(C)CCC2CCCNC2)cc1. The van der Waals surface area contributed by atoms with Crippen LogP contribution in [0.2, 0.25) is 0 Å². The third kappa shape index (κ3) is 4.54. The van der Waals surface area contributed by atoms with E-state index in [2.05, 4.69) is 48.5 Å². The van der Waals surface area contributed by atoms with Gasteiger partial charge in [-0.25, -0.2) is 0 Å². The predicted octanol–water partition coefficient (Wildman–Crippen LogP) is 3.47. The third-order valence-corrected chi connectivity index (χ3v) is 4.19. The van der Waals surface area contributed by atoms with Crippen molar-refractivity contribution in [3.63, 3.8) is 0 Å². The molecule has 0 amide bonds. The lowest BCUT2D eigenvalue weighted by molar-refractivity contribution is 0.360. The molecule has 2 heteroatoms. The van der Waals surface area contributed by atoms with Crippen molar-refractivity contribution in [3.8, 4) is 0 Å². The number of piperidine rings is 1. The molecule has 0 saturated carbocycles. The van der Waals surface area contributed by atoms with Gasteiger partial charge in [0.1, 0.15) is 0 Å². The summed E-state index contributed by atoms with van der Waals surface area (Å²) in [6.07, 6.45) is 6.47. The Morgan fingerprint density at radius 1 is 1.26 bits per heavy atom. The molecular weight excluding hydrogens is 232 g/mol. The maximum atomic E-state index is 3.50. The highest BCUT2D eigenvalue weighted by molar-refractivity contribution is 5.46. The lowest BCUT2D eigenvalue weighted by Gasteiger charge is -2.26. The lowest BCUT2D eigenvalue weighted by atomic mass is 9.96. The first-order valence-electron chi connectivity index (χ1n) is 7.80. The third-order valence-electron chi connectivity index (χ3n) is 4.19. The number of anilines is 1. The summed E-state index contributed by atoms with van der Waals surface area (Å²) in [4.78, 5) is 2.39. The minimum Gasteiger partial charge on any atom is -0.375 e. The molecule has 1 aromatic carbocycles. The van der Waals surface area contributed by atoms with Crippen molar-refractivity contribution in [2.45, 2.75) is 39.0 Å². The van der Waals surface area contributed by atoms with Crippen LogP contribution in [0.5, 0.6) is 0 Å². The average molecular weight is 260 g/mol. The molecule has 0 spiro atoms. The smallest absolute Gasteiger partial charge is 0.0363 e. The Morgan fingerprint density at radius 2 is 2.05 bits per heavy atom. The molecule has 2 nitrogen and oxygen atoms in total. The molecule has 0 bridgehead atoms. The molecule has 1 heterocycles. The van der Waals surface area contributed by atoms with E-state index in [1.165, 1.54) is 63.0 Å². The number of nitrogens with one attached hydrogen (secondary N) is 1. The maximum Gasteiger partial charge on any atom is 0.0363 e. The van der Waals surface area contributed by atoms with Gasteiger partial charge < -0.3 is 10.2 Å². The molecule has 0 radical (unpaired) electrons. The van der Waals surface area contributed by atoms with Crippen molar-refractivity contribution >= 4 is 5.69 Å². The number of rotatable bonds is 6. The molecule has 19 heavy (non-hydrogen) atoms. The van der Waals surface area contributed by atoms with Crippen molar-refractivity contribution in [2.24, 2.45) is 5.92 Å². The van der Waals surface area contributed by atoms with Crippen LogP contribution in [0.25, 0.3) is 0 Å². The van der Waals surface area contributed by atoms with Gasteiger partial charge in [-0.3, -0.25) is 0 Å². The van der Waals surface area contributed by atoms with E-state index in [0.29, 0.717) is 0 Å². The normalized spacial score (nSPS) is 19.4. The molecule has 1 aliphatic heterocycles. The van der Waals surface area contributed by atoms with Crippen molar-refractivity contribution in [1.82, 2.24) is 5.32 Å². The second kappa shape index (κ2) is 7.54. The fraction of sp³-hybridized carbons (Fsp3) is 0.647. The molecule has 2 rings (SSSR count). The Balaban J connectivity index is 1.79. The summed E-state index contributed by atoms with van der Waals surface area (Å²) in [7, 11) is 2.21. The zero-order valence-corrected chi connectivity index (χ0v) is 12.5. The number of benzene rings is 1. The molecule has 1 unspecified atom stereocenters. The molecule has 0 aromatic heterocycles. The summed E-state index contributed by atoms with van der Waals surface area (Å²) >= 11 is 0. The first-order valence-corrected chi connectivity index (χ1v) is 7.80. The molecule has 0 aliphatic carbocycles. The monoisotopic (exact) mass is 260 g/mol. The maximum absolute atomic E-state index is 3.50. The van der Waals surface area contributed by atoms with Gasteiger partial charge in [-0.05, 0) is 62.4 Å². The van der Waals surface area contributed by atoms with E-state index in [1.807, 2.05) is 0 Å². The predicted molar refractivity (Wildman–Crippen MR) is 83.9 cm³/mol. The molecular formula is C17H28N2. The topological polar surface area (TPSA) is 15.3 Å². The van der Waals surface area contributed by atoms with Gasteiger partial charge in [0.2, 0.25) is 0 Å². The number of aryl methyl sites for hydroxylation is 1. The van der Waals surface area contributed by atoms with Gasteiger partial charge in [-0.15, -0.1) is 0 Å². The first-order chi connectivity index (χ1) is 9.29. The van der Waals surface area contributed by atoms with Crippen molar-refractivity contribution < 1.29 is 0 Å². The molecule has 106 valence electrons. The molecule has 1 atom stereocenters. The van der Waals surface area contributed by atoms with Gasteiger partial charge in [0, 0.05) is 19.3 Å². The number of hydrogen-bond acceptors (Lipinski definition) is 2. The fourth-order valence-electron chi connectivity index (χ4n) is 2.88. The Morgan fingerprint density at radius 3 is 2.68 bits per heavy atom. The highest BCUT2D eigenvalue weighted by Crippen LogP contribution is 2.18. The quantitative estimate of drug-likeness (QED) is 0.842. The van der Waals surface area contributed by atoms with Crippen LogP contribution in [0.15, 0.2) is 24.3 Å². The van der Waals surface area contributed by atoms with Crippen molar-refractivity contribution in [1.29, 1.82) is 0 Å². The van der Waals surface area contributed by atoms with Crippen molar-refractivity contribution in [2.75, 3.05) is 31.6 Å². The Bertz CT molecular complexity index is 352. The minimum atomic E-state index is 0.871. The van der Waals surface area contributed by atoms with Crippen LogP contribution in [-0.4, -0.2) is 26.7 Å². The second-order valence-electron chi connectivity index (χ2n) is 5.84. The molecule has 1 N–H and O–H groups in total. The summed E-state index contributed by atoms with van der Waals surface area (Å²) in [5, 5.41) is 3.50. The average Bonchev–Trinajstić information content (AvgIpc) is 2.47. The van der Waals surface area contributed by atoms with E-state index in [4.69, 9.17) is 0 Å². The van der Waals surface area contributed by atoms with Gasteiger partial charge in [-0.2, -0.15) is 0 Å². The van der Waals surface area contributed by atoms with Gasteiger partial charge in [0.05, 0.1) is 0 Å². The van der Waals surface area contributed by atoms with Crippen LogP contribution in [0.4, 0.5) is 5.69 Å². The standard InChI is InChI=1S/C17H28N2/c1-3-5-15-7-9-17(10-8-15)19(2)13-11-16-6-4-12-18-14-16/h7-10,16,18H,3-6,11-14H2,1-2H3. The summed E-state index contributed by atoms with van der Waals surface area (Å²) in [5.41, 5.74) is 2.81. The van der Waals surface area contributed by atoms with Crippen molar-refractivity contribution in [3.05, 3.63) is 29.8 Å². The van der Waals surface area contributed by atoms with Crippen LogP contribution >= 0.6 is 0 Å². The summed E-state index contributed by atoms with van der Waals surface area (Å²) in [5.74, 6) is 0.871. The van der Waals surface area contributed by atoms with E-state index in [-0.39, 0.29) is 0 Å². The van der Waals surface area contributed by atoms with Crippen LogP contribution in [0.3, 0.4) is 0 Å². The second-order valence-corrected chi connectivity index (χ2v) is 5.84. The Hall–Kier alpha value is -1.02. The fourth-order valence-corrected chi connectivity index (χ4v) is 2.88. The van der Waals surface area contributed by atoms with Gasteiger partial charge in [-0.1, -0.05) is 25.5 Å². The molecule has 1 saturated heterocycles. The molecule has 1 aromatic rings. The van der Waals surface area contributed by atoms with Crippen LogP contribution in [0, 0.1) is 5.92 Å². The Kier molecular flexibility index (Phi) is 5.71. The summed E-state index contributed by atoms with van der Waals surface area (Å²) < 4.78 is 0. The molecule has 1 fully saturated rings. The van der Waals surface area contributed by atoms with Gasteiger partial charge in [0.15, 0.2) is 0 Å². The summed E-state index contributed by atoms with van der Waals surface area (Å²) in [6, 6.07) is 9.09. The van der Waals surface area contributed by atoms with Crippen LogP contribution in [0.1, 0.15) is 38.2 Å². The highest BCUT2D eigenvalue weighted by atomic mass is 15.1. The van der Waals surface area contributed by atoms with E-state index in [9.17, 15) is 0 Å². The first kappa shape index (κ1) is 14.4. The van der Waals surface area contributed by atoms with E-state index >= 15 is 0 Å².